The average Bonchev–Trinajstić information content (AvgIpc) is 2.79. The van der Waals surface area contributed by atoms with Crippen LogP contribution in [0.25, 0.3) is 5.57 Å². The summed E-state index contributed by atoms with van der Waals surface area (Å²) in [6, 6.07) is 19.7. The van der Waals surface area contributed by atoms with Crippen molar-refractivity contribution >= 4 is 17.3 Å². The molecule has 1 aliphatic rings. The SMILES string of the molecule is CSCC1=C(Cc2ccccc2)Cc2ccccc21. The third-order valence-electron chi connectivity index (χ3n) is 3.72. The lowest BCUT2D eigenvalue weighted by Crippen LogP contribution is -1.94. The predicted octanol–water partition coefficient (Wildman–Crippen LogP) is 4.60. The summed E-state index contributed by atoms with van der Waals surface area (Å²) >= 11 is 1.92. The molecule has 2 aromatic carbocycles. The lowest BCUT2D eigenvalue weighted by Gasteiger charge is -2.07. The molecule has 0 radical (unpaired) electrons. The molecule has 0 N–H and O–H groups in total. The number of allylic oxidation sites excluding steroid dienone is 1. The van der Waals surface area contributed by atoms with Crippen LogP contribution in [0.1, 0.15) is 16.7 Å². The Kier molecular flexibility index (Phi) is 3.74. The Bertz CT molecular complexity index is 596. The zero-order valence-corrected chi connectivity index (χ0v) is 12.0. The fourth-order valence-corrected chi connectivity index (χ4v) is 3.48. The highest BCUT2D eigenvalue weighted by atomic mass is 32.2. The second kappa shape index (κ2) is 5.66. The van der Waals surface area contributed by atoms with Gasteiger partial charge in [-0.2, -0.15) is 11.8 Å². The molecule has 0 bridgehead atoms. The van der Waals surface area contributed by atoms with Gasteiger partial charge in [-0.25, -0.2) is 0 Å². The molecule has 1 aliphatic carbocycles. The number of hydrogen-bond acceptors (Lipinski definition) is 1. The molecule has 0 spiro atoms. The van der Waals surface area contributed by atoms with Gasteiger partial charge >= 0.3 is 0 Å². The van der Waals surface area contributed by atoms with Crippen LogP contribution in [0.2, 0.25) is 0 Å². The highest BCUT2D eigenvalue weighted by Crippen LogP contribution is 2.35. The average molecular weight is 266 g/mol. The molecule has 0 unspecified atom stereocenters. The van der Waals surface area contributed by atoms with Crippen molar-refractivity contribution in [2.75, 3.05) is 12.0 Å². The molecule has 19 heavy (non-hydrogen) atoms. The number of rotatable bonds is 4. The van der Waals surface area contributed by atoms with Crippen molar-refractivity contribution in [1.82, 2.24) is 0 Å². The summed E-state index contributed by atoms with van der Waals surface area (Å²) in [5.74, 6) is 1.12. The third kappa shape index (κ3) is 2.62. The Labute approximate surface area is 119 Å². The van der Waals surface area contributed by atoms with Gasteiger partial charge in [-0.15, -0.1) is 0 Å². The first-order valence-electron chi connectivity index (χ1n) is 6.70. The number of hydrogen-bond donors (Lipinski definition) is 0. The summed E-state index contributed by atoms with van der Waals surface area (Å²) < 4.78 is 0. The maximum absolute atomic E-state index is 2.28. The van der Waals surface area contributed by atoms with E-state index in [0.717, 1.165) is 18.6 Å². The molecule has 0 amide bonds. The molecule has 0 atom stereocenters. The molecule has 1 heteroatoms. The normalized spacial score (nSPS) is 13.7. The van der Waals surface area contributed by atoms with Gasteiger partial charge in [0.1, 0.15) is 0 Å². The molecule has 0 aliphatic heterocycles. The number of fused-ring (bicyclic) bond motifs is 1. The monoisotopic (exact) mass is 266 g/mol. The minimum absolute atomic E-state index is 1.09. The van der Waals surface area contributed by atoms with Crippen LogP contribution in [0.15, 0.2) is 60.2 Å². The van der Waals surface area contributed by atoms with Crippen LogP contribution in [0.3, 0.4) is 0 Å². The molecule has 3 rings (SSSR count). The van der Waals surface area contributed by atoms with Crippen LogP contribution in [0.4, 0.5) is 0 Å². The quantitative estimate of drug-likeness (QED) is 0.779. The van der Waals surface area contributed by atoms with Crippen LogP contribution in [-0.2, 0) is 12.8 Å². The smallest absolute Gasteiger partial charge is 0.0187 e. The van der Waals surface area contributed by atoms with E-state index < -0.39 is 0 Å². The molecule has 0 heterocycles. The van der Waals surface area contributed by atoms with Crippen molar-refractivity contribution in [3.63, 3.8) is 0 Å². The zero-order valence-electron chi connectivity index (χ0n) is 11.2. The van der Waals surface area contributed by atoms with Gasteiger partial charge in [0.05, 0.1) is 0 Å². The minimum Gasteiger partial charge on any atom is -0.161 e. The first kappa shape index (κ1) is 12.6. The summed E-state index contributed by atoms with van der Waals surface area (Å²) in [7, 11) is 0. The lowest BCUT2D eigenvalue weighted by atomic mass is 10.0. The van der Waals surface area contributed by atoms with E-state index in [0.29, 0.717) is 0 Å². The van der Waals surface area contributed by atoms with Crippen LogP contribution in [-0.4, -0.2) is 12.0 Å². The maximum atomic E-state index is 2.28. The Balaban J connectivity index is 1.93. The predicted molar refractivity (Wildman–Crippen MR) is 85.6 cm³/mol. The van der Waals surface area contributed by atoms with Crippen molar-refractivity contribution in [3.8, 4) is 0 Å². The van der Waals surface area contributed by atoms with Gasteiger partial charge in [0.25, 0.3) is 0 Å². The van der Waals surface area contributed by atoms with Crippen LogP contribution < -0.4 is 0 Å². The minimum atomic E-state index is 1.09. The third-order valence-corrected chi connectivity index (χ3v) is 4.30. The lowest BCUT2D eigenvalue weighted by molar-refractivity contribution is 1.07. The fraction of sp³-hybridized carbons (Fsp3) is 0.222. The van der Waals surface area contributed by atoms with E-state index in [4.69, 9.17) is 0 Å². The Morgan fingerprint density at radius 1 is 0.947 bits per heavy atom. The molecule has 2 aromatic rings. The van der Waals surface area contributed by atoms with E-state index in [9.17, 15) is 0 Å². The van der Waals surface area contributed by atoms with E-state index >= 15 is 0 Å². The van der Waals surface area contributed by atoms with E-state index in [1.54, 1.807) is 11.1 Å². The zero-order chi connectivity index (χ0) is 13.1. The van der Waals surface area contributed by atoms with Crippen LogP contribution in [0, 0.1) is 0 Å². The summed E-state index contributed by atoms with van der Waals surface area (Å²) in [5, 5.41) is 0. The van der Waals surface area contributed by atoms with Crippen molar-refractivity contribution < 1.29 is 0 Å². The molecular weight excluding hydrogens is 248 g/mol. The van der Waals surface area contributed by atoms with Gasteiger partial charge in [-0.1, -0.05) is 60.2 Å². The van der Waals surface area contributed by atoms with Gasteiger partial charge in [-0.3, -0.25) is 0 Å². The molecule has 0 nitrogen and oxygen atoms in total. The van der Waals surface area contributed by atoms with E-state index in [1.165, 1.54) is 16.7 Å². The van der Waals surface area contributed by atoms with Crippen LogP contribution in [0.5, 0.6) is 0 Å². The summed E-state index contributed by atoms with van der Waals surface area (Å²) in [4.78, 5) is 0. The summed E-state index contributed by atoms with van der Waals surface area (Å²) in [6.45, 7) is 0. The Hall–Kier alpha value is -1.47. The van der Waals surface area contributed by atoms with E-state index in [1.807, 2.05) is 11.8 Å². The largest absolute Gasteiger partial charge is 0.161 e. The molecule has 0 aromatic heterocycles. The van der Waals surface area contributed by atoms with Crippen molar-refractivity contribution in [2.24, 2.45) is 0 Å². The van der Waals surface area contributed by atoms with Gasteiger partial charge < -0.3 is 0 Å². The highest BCUT2D eigenvalue weighted by Gasteiger charge is 2.20. The summed E-state index contributed by atoms with van der Waals surface area (Å²) in [6.07, 6.45) is 4.40. The maximum Gasteiger partial charge on any atom is 0.0187 e. The molecular formula is C18H18S. The van der Waals surface area contributed by atoms with E-state index in [-0.39, 0.29) is 0 Å². The second-order valence-corrected chi connectivity index (χ2v) is 5.88. The molecule has 0 fully saturated rings. The van der Waals surface area contributed by atoms with Crippen LogP contribution >= 0.6 is 11.8 Å². The van der Waals surface area contributed by atoms with Gasteiger partial charge in [0.2, 0.25) is 0 Å². The van der Waals surface area contributed by atoms with Crippen molar-refractivity contribution in [1.29, 1.82) is 0 Å². The van der Waals surface area contributed by atoms with E-state index in [2.05, 4.69) is 60.9 Å². The number of benzene rings is 2. The molecule has 0 saturated heterocycles. The molecule has 0 saturated carbocycles. The second-order valence-electron chi connectivity index (χ2n) is 5.01. The standard InChI is InChI=1S/C18H18S/c1-19-13-18-16(11-14-7-3-2-4-8-14)12-15-9-5-6-10-17(15)18/h2-10H,11-13H2,1H3. The first-order valence-corrected chi connectivity index (χ1v) is 8.10. The van der Waals surface area contributed by atoms with Crippen molar-refractivity contribution in [3.05, 3.63) is 76.9 Å². The Morgan fingerprint density at radius 2 is 1.68 bits per heavy atom. The Morgan fingerprint density at radius 3 is 2.47 bits per heavy atom. The van der Waals surface area contributed by atoms with Gasteiger partial charge in [0, 0.05) is 5.75 Å². The number of thioether (sulfide) groups is 1. The summed E-state index contributed by atoms with van der Waals surface area (Å²) in [5.41, 5.74) is 7.55. The topological polar surface area (TPSA) is 0 Å². The highest BCUT2D eigenvalue weighted by molar-refractivity contribution is 7.99. The first-order chi connectivity index (χ1) is 9.38. The molecule has 96 valence electrons. The van der Waals surface area contributed by atoms with Crippen molar-refractivity contribution in [2.45, 2.75) is 12.8 Å². The fourth-order valence-electron chi connectivity index (χ4n) is 2.83. The van der Waals surface area contributed by atoms with Gasteiger partial charge in [0.15, 0.2) is 0 Å². The van der Waals surface area contributed by atoms with Gasteiger partial charge in [-0.05, 0) is 41.4 Å².